The Kier molecular flexibility index (Phi) is 5.57. The summed E-state index contributed by atoms with van der Waals surface area (Å²) < 4.78 is 10.7. The number of methoxy groups -OCH3 is 1. The number of oxime groups is 1. The fraction of sp³-hybridized carbons (Fsp3) is 0.176. The summed E-state index contributed by atoms with van der Waals surface area (Å²) in [5.41, 5.74) is 2.49. The topological polar surface area (TPSA) is 80.2 Å². The standard InChI is InChI=1S/C17H18N2O4/c1-12-3-6-14(7-4-12)19-17(20)11-23-15-8-5-13(10-18-21)9-16(15)22-2/h3-10,21H,11H2,1-2H3,(H,19,20). The van der Waals surface area contributed by atoms with Gasteiger partial charge in [0.1, 0.15) is 0 Å². The SMILES string of the molecule is COc1cc(C=NO)ccc1OCC(=O)Nc1ccc(C)cc1. The first kappa shape index (κ1) is 16.4. The number of aryl methyl sites for hydroxylation is 1. The van der Waals surface area contributed by atoms with Crippen LogP contribution in [0.3, 0.4) is 0 Å². The van der Waals surface area contributed by atoms with Gasteiger partial charge in [0.15, 0.2) is 18.1 Å². The fourth-order valence-corrected chi connectivity index (χ4v) is 1.93. The van der Waals surface area contributed by atoms with E-state index in [1.54, 1.807) is 18.2 Å². The highest BCUT2D eigenvalue weighted by Gasteiger charge is 2.08. The number of nitrogens with one attached hydrogen (secondary N) is 1. The number of carbonyl (C=O) groups is 1. The lowest BCUT2D eigenvalue weighted by atomic mass is 10.2. The molecular weight excluding hydrogens is 296 g/mol. The van der Waals surface area contributed by atoms with Crippen molar-refractivity contribution in [3.8, 4) is 11.5 Å². The first-order valence-corrected chi connectivity index (χ1v) is 6.97. The van der Waals surface area contributed by atoms with Gasteiger partial charge in [0, 0.05) is 11.3 Å². The van der Waals surface area contributed by atoms with Crippen molar-refractivity contribution < 1.29 is 19.5 Å². The van der Waals surface area contributed by atoms with Crippen molar-refractivity contribution in [2.45, 2.75) is 6.92 Å². The molecule has 2 rings (SSSR count). The molecule has 0 heterocycles. The van der Waals surface area contributed by atoms with Gasteiger partial charge in [0.25, 0.3) is 5.91 Å². The molecule has 120 valence electrons. The van der Waals surface area contributed by atoms with Crippen LogP contribution in [0.25, 0.3) is 0 Å². The third kappa shape index (κ3) is 4.74. The number of carbonyl (C=O) groups excluding carboxylic acids is 1. The van der Waals surface area contributed by atoms with E-state index in [1.807, 2.05) is 31.2 Å². The normalized spacial score (nSPS) is 10.5. The van der Waals surface area contributed by atoms with Crippen LogP contribution in [0.4, 0.5) is 5.69 Å². The van der Waals surface area contributed by atoms with Crippen LogP contribution in [-0.2, 0) is 4.79 Å². The predicted octanol–water partition coefficient (Wildman–Crippen LogP) is 2.83. The monoisotopic (exact) mass is 314 g/mol. The van der Waals surface area contributed by atoms with E-state index in [1.165, 1.54) is 13.3 Å². The lowest BCUT2D eigenvalue weighted by Crippen LogP contribution is -2.20. The Bertz CT molecular complexity index is 696. The molecule has 6 nitrogen and oxygen atoms in total. The third-order valence-electron chi connectivity index (χ3n) is 3.09. The second-order valence-electron chi connectivity index (χ2n) is 4.86. The van der Waals surface area contributed by atoms with Gasteiger partial charge in [-0.05, 0) is 37.3 Å². The second kappa shape index (κ2) is 7.84. The van der Waals surface area contributed by atoms with Crippen LogP contribution < -0.4 is 14.8 Å². The molecule has 0 saturated heterocycles. The molecule has 0 saturated carbocycles. The number of hydrogen-bond acceptors (Lipinski definition) is 5. The van der Waals surface area contributed by atoms with Crippen LogP contribution in [-0.4, -0.2) is 31.0 Å². The Morgan fingerprint density at radius 1 is 1.22 bits per heavy atom. The molecule has 2 aromatic carbocycles. The van der Waals surface area contributed by atoms with Crippen molar-refractivity contribution in [1.82, 2.24) is 0 Å². The Balaban J connectivity index is 1.97. The van der Waals surface area contributed by atoms with E-state index in [0.717, 1.165) is 5.56 Å². The number of anilines is 1. The first-order valence-electron chi connectivity index (χ1n) is 6.97. The van der Waals surface area contributed by atoms with E-state index in [-0.39, 0.29) is 12.5 Å². The number of rotatable bonds is 6. The number of benzene rings is 2. The summed E-state index contributed by atoms with van der Waals surface area (Å²) >= 11 is 0. The van der Waals surface area contributed by atoms with Gasteiger partial charge in [-0.15, -0.1) is 0 Å². The zero-order valence-corrected chi connectivity index (χ0v) is 12.9. The molecule has 2 N–H and O–H groups in total. The lowest BCUT2D eigenvalue weighted by molar-refractivity contribution is -0.118. The van der Waals surface area contributed by atoms with Crippen molar-refractivity contribution in [2.75, 3.05) is 19.0 Å². The first-order chi connectivity index (χ1) is 11.1. The van der Waals surface area contributed by atoms with Gasteiger partial charge in [0.05, 0.1) is 13.3 Å². The molecule has 0 radical (unpaired) electrons. The number of nitrogens with zero attached hydrogens (tertiary/aromatic N) is 1. The van der Waals surface area contributed by atoms with E-state index >= 15 is 0 Å². The minimum Gasteiger partial charge on any atom is -0.493 e. The van der Waals surface area contributed by atoms with Gasteiger partial charge in [-0.1, -0.05) is 22.9 Å². The molecule has 0 atom stereocenters. The van der Waals surface area contributed by atoms with Crippen LogP contribution in [0.1, 0.15) is 11.1 Å². The highest BCUT2D eigenvalue weighted by atomic mass is 16.5. The molecule has 23 heavy (non-hydrogen) atoms. The molecule has 1 amide bonds. The highest BCUT2D eigenvalue weighted by Crippen LogP contribution is 2.27. The van der Waals surface area contributed by atoms with Crippen molar-refractivity contribution in [3.63, 3.8) is 0 Å². The van der Waals surface area contributed by atoms with Gasteiger partial charge in [-0.25, -0.2) is 0 Å². The van der Waals surface area contributed by atoms with Gasteiger partial charge < -0.3 is 20.0 Å². The summed E-state index contributed by atoms with van der Waals surface area (Å²) in [5.74, 6) is 0.615. The van der Waals surface area contributed by atoms with E-state index in [0.29, 0.717) is 22.7 Å². The summed E-state index contributed by atoms with van der Waals surface area (Å²) in [6.07, 6.45) is 1.27. The highest BCUT2D eigenvalue weighted by molar-refractivity contribution is 5.91. The molecule has 0 aliphatic rings. The number of hydrogen-bond donors (Lipinski definition) is 2. The summed E-state index contributed by atoms with van der Waals surface area (Å²) in [5, 5.41) is 14.2. The molecule has 0 spiro atoms. The van der Waals surface area contributed by atoms with Crippen LogP contribution in [0.2, 0.25) is 0 Å². The molecule has 0 fully saturated rings. The van der Waals surface area contributed by atoms with Gasteiger partial charge in [-0.2, -0.15) is 0 Å². The zero-order valence-electron chi connectivity index (χ0n) is 12.9. The molecule has 2 aromatic rings. The molecule has 0 aromatic heterocycles. The van der Waals surface area contributed by atoms with Crippen molar-refractivity contribution in [1.29, 1.82) is 0 Å². The van der Waals surface area contributed by atoms with Crippen LogP contribution >= 0.6 is 0 Å². The van der Waals surface area contributed by atoms with E-state index in [9.17, 15) is 4.79 Å². The number of amides is 1. The Morgan fingerprint density at radius 3 is 2.61 bits per heavy atom. The average Bonchev–Trinajstić information content (AvgIpc) is 2.56. The summed E-state index contributed by atoms with van der Waals surface area (Å²) in [4.78, 5) is 11.9. The smallest absolute Gasteiger partial charge is 0.262 e. The molecule has 0 unspecified atom stereocenters. The minimum absolute atomic E-state index is 0.141. The largest absolute Gasteiger partial charge is 0.493 e. The van der Waals surface area contributed by atoms with Gasteiger partial charge in [0.2, 0.25) is 0 Å². The summed E-state index contributed by atoms with van der Waals surface area (Å²) in [6, 6.07) is 12.5. The molecular formula is C17H18N2O4. The van der Waals surface area contributed by atoms with Gasteiger partial charge >= 0.3 is 0 Å². The van der Waals surface area contributed by atoms with Crippen molar-refractivity contribution >= 4 is 17.8 Å². The average molecular weight is 314 g/mol. The summed E-state index contributed by atoms with van der Waals surface area (Å²) in [6.45, 7) is 1.84. The van der Waals surface area contributed by atoms with Crippen LogP contribution in [0.5, 0.6) is 11.5 Å². The van der Waals surface area contributed by atoms with E-state index < -0.39 is 0 Å². The maximum atomic E-state index is 11.9. The minimum atomic E-state index is -0.267. The second-order valence-corrected chi connectivity index (χ2v) is 4.86. The molecule has 0 aliphatic heterocycles. The Hall–Kier alpha value is -3.02. The molecule has 0 aliphatic carbocycles. The van der Waals surface area contributed by atoms with E-state index in [4.69, 9.17) is 14.7 Å². The Labute approximate surface area is 134 Å². The third-order valence-corrected chi connectivity index (χ3v) is 3.09. The van der Waals surface area contributed by atoms with E-state index in [2.05, 4.69) is 10.5 Å². The van der Waals surface area contributed by atoms with Crippen molar-refractivity contribution in [3.05, 3.63) is 53.6 Å². The summed E-state index contributed by atoms with van der Waals surface area (Å²) in [7, 11) is 1.49. The van der Waals surface area contributed by atoms with Crippen molar-refractivity contribution in [2.24, 2.45) is 5.16 Å². The zero-order chi connectivity index (χ0) is 16.7. The number of ether oxygens (including phenoxy) is 2. The quantitative estimate of drug-likeness (QED) is 0.488. The lowest BCUT2D eigenvalue weighted by Gasteiger charge is -2.11. The predicted molar refractivity (Wildman–Crippen MR) is 87.7 cm³/mol. The molecule has 0 bridgehead atoms. The Morgan fingerprint density at radius 2 is 1.96 bits per heavy atom. The maximum absolute atomic E-state index is 11.9. The van der Waals surface area contributed by atoms with Gasteiger partial charge in [-0.3, -0.25) is 4.79 Å². The van der Waals surface area contributed by atoms with Crippen LogP contribution in [0.15, 0.2) is 47.6 Å². The fourth-order valence-electron chi connectivity index (χ4n) is 1.93. The maximum Gasteiger partial charge on any atom is 0.262 e. The van der Waals surface area contributed by atoms with Crippen LogP contribution in [0, 0.1) is 6.92 Å². The molecule has 6 heteroatoms.